The third kappa shape index (κ3) is 3.35. The van der Waals surface area contributed by atoms with Gasteiger partial charge in [-0.15, -0.1) is 0 Å². The van der Waals surface area contributed by atoms with Crippen LogP contribution < -0.4 is 0 Å². The second-order valence-electron chi connectivity index (χ2n) is 3.65. The van der Waals surface area contributed by atoms with Crippen molar-refractivity contribution in [1.29, 1.82) is 0 Å². The van der Waals surface area contributed by atoms with Gasteiger partial charge in [0.05, 0.1) is 0 Å². The first kappa shape index (κ1) is 10.5. The lowest BCUT2D eigenvalue weighted by Gasteiger charge is -2.25. The minimum Gasteiger partial charge on any atom is -0.460 e. The zero-order valence-corrected chi connectivity index (χ0v) is 8.16. The van der Waals surface area contributed by atoms with Gasteiger partial charge < -0.3 is 9.84 Å². The summed E-state index contributed by atoms with van der Waals surface area (Å²) in [6.07, 6.45) is 5.01. The van der Waals surface area contributed by atoms with Gasteiger partial charge in [0.25, 0.3) is 0 Å². The standard InChI is InChI=1S/C10H18O3/c1-2-3-4-5-8-6-7-9(11)10(12)13-8/h8-9,11H,2-7H2,1H3. The molecule has 1 fully saturated rings. The molecule has 3 heteroatoms. The minimum atomic E-state index is -0.873. The average molecular weight is 186 g/mol. The van der Waals surface area contributed by atoms with Crippen LogP contribution in [0.4, 0.5) is 0 Å². The van der Waals surface area contributed by atoms with Gasteiger partial charge >= 0.3 is 5.97 Å². The maximum atomic E-state index is 11.0. The first-order chi connectivity index (χ1) is 6.24. The number of unbranched alkanes of at least 4 members (excludes halogenated alkanes) is 2. The third-order valence-electron chi connectivity index (χ3n) is 2.45. The van der Waals surface area contributed by atoms with E-state index in [0.717, 1.165) is 19.3 Å². The molecule has 0 spiro atoms. The average Bonchev–Trinajstić information content (AvgIpc) is 2.12. The Hall–Kier alpha value is -0.570. The third-order valence-corrected chi connectivity index (χ3v) is 2.45. The van der Waals surface area contributed by atoms with Crippen LogP contribution in [0.25, 0.3) is 0 Å². The number of rotatable bonds is 4. The summed E-state index contributed by atoms with van der Waals surface area (Å²) in [5.41, 5.74) is 0. The summed E-state index contributed by atoms with van der Waals surface area (Å²) in [4.78, 5) is 11.0. The van der Waals surface area contributed by atoms with Gasteiger partial charge in [0, 0.05) is 0 Å². The van der Waals surface area contributed by atoms with Crippen LogP contribution >= 0.6 is 0 Å². The van der Waals surface area contributed by atoms with Crippen LogP contribution in [0.15, 0.2) is 0 Å². The molecular formula is C10H18O3. The number of esters is 1. The fourth-order valence-corrected chi connectivity index (χ4v) is 1.59. The lowest BCUT2D eigenvalue weighted by molar-refractivity contribution is -0.167. The molecular weight excluding hydrogens is 168 g/mol. The molecule has 0 aromatic carbocycles. The summed E-state index contributed by atoms with van der Waals surface area (Å²) in [5, 5.41) is 9.09. The monoisotopic (exact) mass is 186 g/mol. The van der Waals surface area contributed by atoms with Crippen LogP contribution in [0.3, 0.4) is 0 Å². The highest BCUT2D eigenvalue weighted by Gasteiger charge is 2.27. The number of aliphatic hydroxyl groups is 1. The van der Waals surface area contributed by atoms with Gasteiger partial charge in [-0.25, -0.2) is 4.79 Å². The zero-order chi connectivity index (χ0) is 9.68. The van der Waals surface area contributed by atoms with Gasteiger partial charge in [-0.05, 0) is 25.7 Å². The molecule has 1 heterocycles. The van der Waals surface area contributed by atoms with Gasteiger partial charge in [0.2, 0.25) is 0 Å². The van der Waals surface area contributed by atoms with Crippen LogP contribution in [0, 0.1) is 0 Å². The lowest BCUT2D eigenvalue weighted by Crippen LogP contribution is -2.34. The molecule has 1 saturated heterocycles. The van der Waals surface area contributed by atoms with Crippen molar-refractivity contribution in [2.24, 2.45) is 0 Å². The Morgan fingerprint density at radius 1 is 1.46 bits per heavy atom. The summed E-state index contributed by atoms with van der Waals surface area (Å²) in [6.45, 7) is 2.15. The minimum absolute atomic E-state index is 0.0578. The molecule has 1 aliphatic heterocycles. The number of hydrogen-bond acceptors (Lipinski definition) is 3. The van der Waals surface area contributed by atoms with Crippen molar-refractivity contribution in [2.45, 2.75) is 57.7 Å². The van der Waals surface area contributed by atoms with Gasteiger partial charge in [-0.1, -0.05) is 19.8 Å². The Balaban J connectivity index is 2.18. The van der Waals surface area contributed by atoms with Crippen LogP contribution in [0.5, 0.6) is 0 Å². The highest BCUT2D eigenvalue weighted by molar-refractivity contribution is 5.75. The van der Waals surface area contributed by atoms with Crippen LogP contribution in [0.1, 0.15) is 45.4 Å². The highest BCUT2D eigenvalue weighted by Crippen LogP contribution is 2.19. The van der Waals surface area contributed by atoms with E-state index in [2.05, 4.69) is 6.92 Å². The predicted molar refractivity (Wildman–Crippen MR) is 49.3 cm³/mol. The summed E-state index contributed by atoms with van der Waals surface area (Å²) >= 11 is 0. The largest absolute Gasteiger partial charge is 0.460 e. The van der Waals surface area contributed by atoms with E-state index in [4.69, 9.17) is 9.84 Å². The normalized spacial score (nSPS) is 28.6. The molecule has 3 nitrogen and oxygen atoms in total. The Bertz CT molecular complexity index is 168. The fraction of sp³-hybridized carbons (Fsp3) is 0.900. The van der Waals surface area contributed by atoms with E-state index in [0.29, 0.717) is 6.42 Å². The molecule has 76 valence electrons. The summed E-state index contributed by atoms with van der Waals surface area (Å²) in [5.74, 6) is -0.437. The van der Waals surface area contributed by atoms with Crippen molar-refractivity contribution < 1.29 is 14.6 Å². The smallest absolute Gasteiger partial charge is 0.335 e. The van der Waals surface area contributed by atoms with Crippen molar-refractivity contribution in [3.05, 3.63) is 0 Å². The van der Waals surface area contributed by atoms with Crippen molar-refractivity contribution in [3.63, 3.8) is 0 Å². The van der Waals surface area contributed by atoms with Crippen molar-refractivity contribution in [3.8, 4) is 0 Å². The van der Waals surface area contributed by atoms with Crippen molar-refractivity contribution in [1.82, 2.24) is 0 Å². The number of aliphatic hydroxyl groups excluding tert-OH is 1. The molecule has 1 rings (SSSR count). The predicted octanol–water partition coefficient (Wildman–Crippen LogP) is 1.63. The van der Waals surface area contributed by atoms with E-state index < -0.39 is 12.1 Å². The molecule has 1 N–H and O–H groups in total. The maximum absolute atomic E-state index is 11.0. The summed E-state index contributed by atoms with van der Waals surface area (Å²) < 4.78 is 5.06. The number of carbonyl (C=O) groups excluding carboxylic acids is 1. The van der Waals surface area contributed by atoms with Crippen LogP contribution in [-0.4, -0.2) is 23.3 Å². The second kappa shape index (κ2) is 5.22. The van der Waals surface area contributed by atoms with Crippen molar-refractivity contribution in [2.75, 3.05) is 0 Å². The topological polar surface area (TPSA) is 46.5 Å². The van der Waals surface area contributed by atoms with Gasteiger partial charge in [0.15, 0.2) is 6.10 Å². The molecule has 0 amide bonds. The number of carbonyl (C=O) groups is 1. The van der Waals surface area contributed by atoms with Gasteiger partial charge in [-0.3, -0.25) is 0 Å². The van der Waals surface area contributed by atoms with Gasteiger partial charge in [-0.2, -0.15) is 0 Å². The molecule has 0 bridgehead atoms. The number of hydrogen-bond donors (Lipinski definition) is 1. The highest BCUT2D eigenvalue weighted by atomic mass is 16.6. The molecule has 0 aromatic rings. The molecule has 0 aliphatic carbocycles. The van der Waals surface area contributed by atoms with E-state index >= 15 is 0 Å². The molecule has 0 aromatic heterocycles. The van der Waals surface area contributed by atoms with E-state index in [1.54, 1.807) is 0 Å². The molecule has 2 unspecified atom stereocenters. The Morgan fingerprint density at radius 2 is 2.23 bits per heavy atom. The van der Waals surface area contributed by atoms with Crippen LogP contribution in [0.2, 0.25) is 0 Å². The zero-order valence-electron chi connectivity index (χ0n) is 8.16. The lowest BCUT2D eigenvalue weighted by atomic mass is 10.0. The first-order valence-electron chi connectivity index (χ1n) is 5.12. The maximum Gasteiger partial charge on any atom is 0.335 e. The number of ether oxygens (including phenoxy) is 1. The molecule has 13 heavy (non-hydrogen) atoms. The summed E-state index contributed by atoms with van der Waals surface area (Å²) in [6, 6.07) is 0. The van der Waals surface area contributed by atoms with E-state index in [9.17, 15) is 4.79 Å². The van der Waals surface area contributed by atoms with Crippen LogP contribution in [-0.2, 0) is 9.53 Å². The van der Waals surface area contributed by atoms with Crippen molar-refractivity contribution >= 4 is 5.97 Å². The molecule has 2 atom stereocenters. The molecule has 1 aliphatic rings. The summed E-state index contributed by atoms with van der Waals surface area (Å²) in [7, 11) is 0. The Morgan fingerprint density at radius 3 is 2.85 bits per heavy atom. The van der Waals surface area contributed by atoms with E-state index in [1.165, 1.54) is 12.8 Å². The SMILES string of the molecule is CCCCCC1CCC(O)C(=O)O1. The van der Waals surface area contributed by atoms with Gasteiger partial charge in [0.1, 0.15) is 6.10 Å². The number of cyclic esters (lactones) is 1. The second-order valence-corrected chi connectivity index (χ2v) is 3.65. The Kier molecular flexibility index (Phi) is 4.22. The quantitative estimate of drug-likeness (QED) is 0.536. The Labute approximate surface area is 79.1 Å². The van der Waals surface area contributed by atoms with E-state index in [1.807, 2.05) is 0 Å². The molecule has 0 radical (unpaired) electrons. The molecule has 0 saturated carbocycles. The van der Waals surface area contributed by atoms with E-state index in [-0.39, 0.29) is 6.10 Å². The fourth-order valence-electron chi connectivity index (χ4n) is 1.59. The first-order valence-corrected chi connectivity index (χ1v) is 5.12.